The van der Waals surface area contributed by atoms with Crippen molar-refractivity contribution < 1.29 is 18.4 Å². The molecule has 0 radical (unpaired) electrons. The number of benzene rings is 3. The molecule has 0 unspecified atom stereocenters. The van der Waals surface area contributed by atoms with E-state index in [1.807, 2.05) is 36.4 Å². The summed E-state index contributed by atoms with van der Waals surface area (Å²) >= 11 is 0. The summed E-state index contributed by atoms with van der Waals surface area (Å²) < 4.78 is 27.7. The van der Waals surface area contributed by atoms with Crippen LogP contribution in [0.1, 0.15) is 15.9 Å². The lowest BCUT2D eigenvalue weighted by Crippen LogP contribution is -2.48. The average Bonchev–Trinajstić information content (AvgIpc) is 2.78. The van der Waals surface area contributed by atoms with E-state index in [1.165, 1.54) is 4.31 Å². The van der Waals surface area contributed by atoms with Crippen LogP contribution < -0.4 is 5.48 Å². The first-order valence-corrected chi connectivity index (χ1v) is 11.2. The van der Waals surface area contributed by atoms with Crippen molar-refractivity contribution in [2.24, 2.45) is 0 Å². The lowest BCUT2D eigenvalue weighted by molar-refractivity contribution is 0.0706. The first-order chi connectivity index (χ1) is 14.5. The molecular weight excluding hydrogens is 402 g/mol. The lowest BCUT2D eigenvalue weighted by atomic mass is 10.1. The second-order valence-corrected chi connectivity index (χ2v) is 9.27. The number of amides is 1. The zero-order valence-electron chi connectivity index (χ0n) is 16.4. The molecule has 1 aliphatic rings. The van der Waals surface area contributed by atoms with Crippen molar-refractivity contribution in [2.75, 3.05) is 26.2 Å². The second kappa shape index (κ2) is 8.53. The Morgan fingerprint density at radius 1 is 0.900 bits per heavy atom. The summed E-state index contributed by atoms with van der Waals surface area (Å²) in [4.78, 5) is 14.1. The summed E-state index contributed by atoms with van der Waals surface area (Å²) in [7, 11) is -3.55. The number of rotatable bonds is 5. The summed E-state index contributed by atoms with van der Waals surface area (Å²) in [6, 6.07) is 20.0. The van der Waals surface area contributed by atoms with Crippen LogP contribution in [0, 0.1) is 0 Å². The van der Waals surface area contributed by atoms with Gasteiger partial charge in [0, 0.05) is 38.3 Å². The zero-order chi connectivity index (χ0) is 21.1. The maximum atomic E-state index is 13.1. The van der Waals surface area contributed by atoms with E-state index >= 15 is 0 Å². The molecule has 4 rings (SSSR count). The fourth-order valence-electron chi connectivity index (χ4n) is 3.74. The molecule has 3 aromatic rings. The van der Waals surface area contributed by atoms with E-state index < -0.39 is 15.9 Å². The van der Waals surface area contributed by atoms with Gasteiger partial charge in [0.25, 0.3) is 5.91 Å². The molecule has 156 valence electrons. The quantitative estimate of drug-likeness (QED) is 0.484. The van der Waals surface area contributed by atoms with Crippen LogP contribution in [0.5, 0.6) is 0 Å². The van der Waals surface area contributed by atoms with Crippen LogP contribution in [0.2, 0.25) is 0 Å². The van der Waals surface area contributed by atoms with Crippen LogP contribution in [0.25, 0.3) is 10.8 Å². The summed E-state index contributed by atoms with van der Waals surface area (Å²) in [5.41, 5.74) is 2.95. The van der Waals surface area contributed by atoms with Crippen LogP contribution in [-0.4, -0.2) is 54.9 Å². The van der Waals surface area contributed by atoms with E-state index in [-0.39, 0.29) is 0 Å². The third-order valence-corrected chi connectivity index (χ3v) is 7.28. The largest absolute Gasteiger partial charge is 0.296 e. The van der Waals surface area contributed by atoms with Gasteiger partial charge in [0.05, 0.1) is 4.90 Å². The van der Waals surface area contributed by atoms with Gasteiger partial charge in [0.1, 0.15) is 0 Å². The number of hydroxylamine groups is 1. The third-order valence-electron chi connectivity index (χ3n) is 5.39. The molecule has 1 amide bonds. The molecule has 0 aromatic heterocycles. The van der Waals surface area contributed by atoms with Crippen molar-refractivity contribution in [1.29, 1.82) is 0 Å². The van der Waals surface area contributed by atoms with Gasteiger partial charge in [-0.15, -0.1) is 0 Å². The van der Waals surface area contributed by atoms with Crippen LogP contribution in [0.15, 0.2) is 71.6 Å². The molecule has 0 aliphatic carbocycles. The summed E-state index contributed by atoms with van der Waals surface area (Å²) in [6.07, 6.45) is 0. The van der Waals surface area contributed by atoms with Gasteiger partial charge in [-0.05, 0) is 40.6 Å². The average molecular weight is 426 g/mol. The van der Waals surface area contributed by atoms with Crippen molar-refractivity contribution >= 4 is 26.7 Å². The lowest BCUT2D eigenvalue weighted by Gasteiger charge is -2.34. The first kappa shape index (κ1) is 20.5. The molecule has 1 heterocycles. The summed E-state index contributed by atoms with van der Waals surface area (Å²) in [5.74, 6) is -0.553. The normalized spacial score (nSPS) is 15.9. The minimum Gasteiger partial charge on any atom is -0.296 e. The van der Waals surface area contributed by atoms with Gasteiger partial charge in [-0.25, -0.2) is 13.9 Å². The molecule has 1 saturated heterocycles. The molecule has 3 aromatic carbocycles. The molecule has 0 spiro atoms. The Morgan fingerprint density at radius 2 is 1.63 bits per heavy atom. The molecule has 2 N–H and O–H groups in total. The Bertz CT molecular complexity index is 1170. The topological polar surface area (TPSA) is 89.9 Å². The van der Waals surface area contributed by atoms with Gasteiger partial charge in [-0.2, -0.15) is 4.31 Å². The molecular formula is C22H23N3O4S. The number of nitrogens with one attached hydrogen (secondary N) is 1. The number of carbonyl (C=O) groups is 1. The Balaban J connectivity index is 1.43. The monoisotopic (exact) mass is 425 g/mol. The highest BCUT2D eigenvalue weighted by Crippen LogP contribution is 2.23. The number of hydrogen-bond acceptors (Lipinski definition) is 5. The van der Waals surface area contributed by atoms with Gasteiger partial charge in [-0.3, -0.25) is 14.9 Å². The van der Waals surface area contributed by atoms with Gasteiger partial charge in [-0.1, -0.05) is 42.5 Å². The minimum absolute atomic E-state index is 0.317. The Labute approximate surface area is 175 Å². The standard InChI is InChI=1S/C22H23N3O4S/c26-22(23-27)20-7-3-4-17(14-20)16-24-10-12-25(13-11-24)30(28,29)21-9-8-18-5-1-2-6-19(18)15-21/h1-9,14-15,27H,10-13,16H2,(H,23,26). The van der Waals surface area contributed by atoms with E-state index in [0.29, 0.717) is 43.2 Å². The number of piperazine rings is 1. The first-order valence-electron chi connectivity index (χ1n) is 9.72. The molecule has 0 saturated carbocycles. The van der Waals surface area contributed by atoms with Crippen molar-refractivity contribution in [3.63, 3.8) is 0 Å². The van der Waals surface area contributed by atoms with E-state index in [1.54, 1.807) is 35.8 Å². The van der Waals surface area contributed by atoms with Gasteiger partial charge >= 0.3 is 0 Å². The Morgan fingerprint density at radius 3 is 2.37 bits per heavy atom. The molecule has 1 fully saturated rings. The van der Waals surface area contributed by atoms with Crippen molar-refractivity contribution in [2.45, 2.75) is 11.4 Å². The van der Waals surface area contributed by atoms with Crippen LogP contribution >= 0.6 is 0 Å². The Hall–Kier alpha value is -2.78. The number of nitrogens with zero attached hydrogens (tertiary/aromatic N) is 2. The highest BCUT2D eigenvalue weighted by atomic mass is 32.2. The molecule has 7 nitrogen and oxygen atoms in total. The van der Waals surface area contributed by atoms with E-state index in [4.69, 9.17) is 5.21 Å². The summed E-state index contributed by atoms with van der Waals surface area (Å²) in [6.45, 7) is 2.63. The number of carbonyl (C=O) groups excluding carboxylic acids is 1. The maximum absolute atomic E-state index is 13.1. The number of fused-ring (bicyclic) bond motifs is 1. The predicted molar refractivity (Wildman–Crippen MR) is 114 cm³/mol. The van der Waals surface area contributed by atoms with E-state index in [9.17, 15) is 13.2 Å². The van der Waals surface area contributed by atoms with E-state index in [0.717, 1.165) is 16.3 Å². The summed E-state index contributed by atoms with van der Waals surface area (Å²) in [5, 5.41) is 10.7. The fourth-order valence-corrected chi connectivity index (χ4v) is 5.20. The van der Waals surface area contributed by atoms with Crippen molar-refractivity contribution in [3.05, 3.63) is 77.9 Å². The molecule has 1 aliphatic heterocycles. The smallest absolute Gasteiger partial charge is 0.274 e. The molecule has 0 bridgehead atoms. The number of sulfonamides is 1. The van der Waals surface area contributed by atoms with Crippen molar-refractivity contribution in [3.8, 4) is 0 Å². The second-order valence-electron chi connectivity index (χ2n) is 7.33. The van der Waals surface area contributed by atoms with Crippen LogP contribution in [0.3, 0.4) is 0 Å². The van der Waals surface area contributed by atoms with Crippen LogP contribution in [-0.2, 0) is 16.6 Å². The Kier molecular flexibility index (Phi) is 5.83. The maximum Gasteiger partial charge on any atom is 0.274 e. The molecule has 8 heteroatoms. The third kappa shape index (κ3) is 4.22. The minimum atomic E-state index is -3.55. The highest BCUT2D eigenvalue weighted by molar-refractivity contribution is 7.89. The molecule has 0 atom stereocenters. The molecule has 30 heavy (non-hydrogen) atoms. The fraction of sp³-hybridized carbons (Fsp3) is 0.227. The van der Waals surface area contributed by atoms with Gasteiger partial charge in [0.15, 0.2) is 0 Å². The van der Waals surface area contributed by atoms with Gasteiger partial charge < -0.3 is 0 Å². The van der Waals surface area contributed by atoms with Crippen LogP contribution in [0.4, 0.5) is 0 Å². The SMILES string of the molecule is O=C(NO)c1cccc(CN2CCN(S(=O)(=O)c3ccc4ccccc4c3)CC2)c1. The predicted octanol–water partition coefficient (Wildman–Crippen LogP) is 2.47. The van der Waals surface area contributed by atoms with Gasteiger partial charge in [0.2, 0.25) is 10.0 Å². The van der Waals surface area contributed by atoms with E-state index in [2.05, 4.69) is 4.90 Å². The number of hydrogen-bond donors (Lipinski definition) is 2. The highest BCUT2D eigenvalue weighted by Gasteiger charge is 2.28. The zero-order valence-corrected chi connectivity index (χ0v) is 17.2. The van der Waals surface area contributed by atoms with Crippen molar-refractivity contribution in [1.82, 2.24) is 14.7 Å².